The molecular formula is C18H21N3O5. The molecule has 0 spiro atoms. The summed E-state index contributed by atoms with van der Waals surface area (Å²) in [5.74, 6) is -1.28. The molecule has 2 aliphatic heterocycles. The number of fused-ring (bicyclic) bond motifs is 1. The molecule has 26 heavy (non-hydrogen) atoms. The summed E-state index contributed by atoms with van der Waals surface area (Å²) < 4.78 is 4.86. The van der Waals surface area contributed by atoms with Crippen LogP contribution in [0.3, 0.4) is 0 Å². The summed E-state index contributed by atoms with van der Waals surface area (Å²) in [6.07, 6.45) is 0.642. The summed E-state index contributed by atoms with van der Waals surface area (Å²) in [6, 6.07) is 6.56. The van der Waals surface area contributed by atoms with Crippen LogP contribution in [0.25, 0.3) is 0 Å². The summed E-state index contributed by atoms with van der Waals surface area (Å²) in [5, 5.41) is 0. The molecule has 2 heterocycles. The van der Waals surface area contributed by atoms with Crippen molar-refractivity contribution in [1.82, 2.24) is 14.7 Å². The summed E-state index contributed by atoms with van der Waals surface area (Å²) in [4.78, 5) is 53.5. The number of benzene rings is 1. The maximum atomic E-state index is 12.6. The van der Waals surface area contributed by atoms with Crippen LogP contribution in [0.15, 0.2) is 24.3 Å². The third kappa shape index (κ3) is 3.45. The van der Waals surface area contributed by atoms with Gasteiger partial charge in [0, 0.05) is 33.3 Å². The van der Waals surface area contributed by atoms with Gasteiger partial charge in [-0.1, -0.05) is 12.1 Å². The van der Waals surface area contributed by atoms with Gasteiger partial charge in [-0.2, -0.15) is 0 Å². The SMILES string of the molecule is COCC(=O)N1CCCN(C(=O)CN2C(=O)c3ccccc3C2=O)CC1. The average Bonchev–Trinajstić information content (AvgIpc) is 2.83. The fourth-order valence-electron chi connectivity index (χ4n) is 3.25. The van der Waals surface area contributed by atoms with Gasteiger partial charge >= 0.3 is 0 Å². The quantitative estimate of drug-likeness (QED) is 0.706. The maximum Gasteiger partial charge on any atom is 0.262 e. The van der Waals surface area contributed by atoms with Gasteiger partial charge in [0.05, 0.1) is 11.1 Å². The van der Waals surface area contributed by atoms with Crippen molar-refractivity contribution < 1.29 is 23.9 Å². The second-order valence-corrected chi connectivity index (χ2v) is 6.29. The van der Waals surface area contributed by atoms with Gasteiger partial charge in [-0.05, 0) is 18.6 Å². The highest BCUT2D eigenvalue weighted by Crippen LogP contribution is 2.22. The van der Waals surface area contributed by atoms with E-state index < -0.39 is 11.8 Å². The Morgan fingerprint density at radius 2 is 1.46 bits per heavy atom. The Labute approximate surface area is 151 Å². The molecule has 0 saturated carbocycles. The molecule has 8 heteroatoms. The van der Waals surface area contributed by atoms with E-state index in [0.29, 0.717) is 43.7 Å². The number of hydrogen-bond acceptors (Lipinski definition) is 5. The molecule has 0 bridgehead atoms. The normalized spacial score (nSPS) is 17.3. The number of amides is 4. The number of carbonyl (C=O) groups excluding carboxylic acids is 4. The predicted octanol–water partition coefficient (Wildman–Crippen LogP) is -0.0101. The molecule has 0 atom stereocenters. The van der Waals surface area contributed by atoms with Crippen molar-refractivity contribution in [3.8, 4) is 0 Å². The van der Waals surface area contributed by atoms with E-state index in [-0.39, 0.29) is 25.0 Å². The zero-order chi connectivity index (χ0) is 18.7. The second kappa shape index (κ2) is 7.65. The fourth-order valence-corrected chi connectivity index (χ4v) is 3.25. The molecule has 0 aliphatic carbocycles. The molecule has 138 valence electrons. The lowest BCUT2D eigenvalue weighted by molar-refractivity contribution is -0.136. The average molecular weight is 359 g/mol. The molecule has 0 aromatic heterocycles. The number of nitrogens with zero attached hydrogens (tertiary/aromatic N) is 3. The lowest BCUT2D eigenvalue weighted by Gasteiger charge is -2.24. The van der Waals surface area contributed by atoms with Crippen LogP contribution in [0.1, 0.15) is 27.1 Å². The van der Waals surface area contributed by atoms with Crippen LogP contribution >= 0.6 is 0 Å². The molecule has 2 aliphatic rings. The van der Waals surface area contributed by atoms with E-state index in [1.165, 1.54) is 7.11 Å². The molecule has 3 rings (SSSR count). The van der Waals surface area contributed by atoms with Crippen LogP contribution in [0.4, 0.5) is 0 Å². The van der Waals surface area contributed by atoms with Crippen LogP contribution in [-0.4, -0.2) is 84.8 Å². The molecule has 1 fully saturated rings. The van der Waals surface area contributed by atoms with Gasteiger partial charge in [0.1, 0.15) is 13.2 Å². The van der Waals surface area contributed by atoms with Gasteiger partial charge in [0.15, 0.2) is 0 Å². The minimum absolute atomic E-state index is 0.0169. The second-order valence-electron chi connectivity index (χ2n) is 6.29. The standard InChI is InChI=1S/C18H21N3O5/c1-26-12-16(23)20-8-4-7-19(9-10-20)15(22)11-21-17(24)13-5-2-3-6-14(13)18(21)25/h2-3,5-6H,4,7-12H2,1H3. The summed E-state index contributed by atoms with van der Waals surface area (Å²) in [7, 11) is 1.47. The largest absolute Gasteiger partial charge is 0.375 e. The highest BCUT2D eigenvalue weighted by molar-refractivity contribution is 6.22. The molecule has 0 radical (unpaired) electrons. The summed E-state index contributed by atoms with van der Waals surface area (Å²) in [6.45, 7) is 1.56. The van der Waals surface area contributed by atoms with Crippen molar-refractivity contribution in [3.63, 3.8) is 0 Å². The number of methoxy groups -OCH3 is 1. The lowest BCUT2D eigenvalue weighted by atomic mass is 10.1. The Morgan fingerprint density at radius 3 is 2.00 bits per heavy atom. The highest BCUT2D eigenvalue weighted by Gasteiger charge is 2.37. The van der Waals surface area contributed by atoms with Crippen LogP contribution < -0.4 is 0 Å². The molecule has 0 unspecified atom stereocenters. The third-order valence-corrected chi connectivity index (χ3v) is 4.64. The van der Waals surface area contributed by atoms with E-state index >= 15 is 0 Å². The summed E-state index contributed by atoms with van der Waals surface area (Å²) >= 11 is 0. The van der Waals surface area contributed by atoms with Gasteiger partial charge in [-0.25, -0.2) is 0 Å². The molecule has 4 amide bonds. The number of ether oxygens (including phenoxy) is 1. The Kier molecular flexibility index (Phi) is 5.32. The molecule has 0 N–H and O–H groups in total. The first-order valence-corrected chi connectivity index (χ1v) is 8.52. The van der Waals surface area contributed by atoms with Gasteiger partial charge in [0.25, 0.3) is 11.8 Å². The van der Waals surface area contributed by atoms with Gasteiger partial charge < -0.3 is 14.5 Å². The van der Waals surface area contributed by atoms with Crippen molar-refractivity contribution in [3.05, 3.63) is 35.4 Å². The predicted molar refractivity (Wildman–Crippen MR) is 91.5 cm³/mol. The zero-order valence-electron chi connectivity index (χ0n) is 14.6. The fraction of sp³-hybridized carbons (Fsp3) is 0.444. The zero-order valence-corrected chi connectivity index (χ0v) is 14.6. The van der Waals surface area contributed by atoms with Crippen LogP contribution in [0.2, 0.25) is 0 Å². The Hall–Kier alpha value is -2.74. The van der Waals surface area contributed by atoms with Crippen molar-refractivity contribution in [2.24, 2.45) is 0 Å². The number of hydrogen-bond donors (Lipinski definition) is 0. The Bertz CT molecular complexity index is 713. The third-order valence-electron chi connectivity index (χ3n) is 4.64. The van der Waals surface area contributed by atoms with E-state index in [9.17, 15) is 19.2 Å². The van der Waals surface area contributed by atoms with E-state index in [1.54, 1.807) is 34.1 Å². The molecule has 8 nitrogen and oxygen atoms in total. The van der Waals surface area contributed by atoms with E-state index in [1.807, 2.05) is 0 Å². The first kappa shape index (κ1) is 18.1. The number of carbonyl (C=O) groups is 4. The smallest absolute Gasteiger partial charge is 0.262 e. The number of imide groups is 1. The van der Waals surface area contributed by atoms with Gasteiger partial charge in [0.2, 0.25) is 11.8 Å². The highest BCUT2D eigenvalue weighted by atomic mass is 16.5. The Balaban J connectivity index is 1.62. The van der Waals surface area contributed by atoms with Crippen LogP contribution in [0, 0.1) is 0 Å². The van der Waals surface area contributed by atoms with Crippen molar-refractivity contribution >= 4 is 23.6 Å². The maximum absolute atomic E-state index is 12.6. The molecule has 1 saturated heterocycles. The van der Waals surface area contributed by atoms with Crippen molar-refractivity contribution in [2.45, 2.75) is 6.42 Å². The first-order valence-electron chi connectivity index (χ1n) is 8.52. The van der Waals surface area contributed by atoms with Crippen molar-refractivity contribution in [1.29, 1.82) is 0 Å². The van der Waals surface area contributed by atoms with Crippen LogP contribution in [0.5, 0.6) is 0 Å². The molecular weight excluding hydrogens is 338 g/mol. The number of rotatable bonds is 4. The minimum Gasteiger partial charge on any atom is -0.375 e. The monoisotopic (exact) mass is 359 g/mol. The van der Waals surface area contributed by atoms with E-state index in [2.05, 4.69) is 0 Å². The van der Waals surface area contributed by atoms with E-state index in [0.717, 1.165) is 4.90 Å². The first-order chi connectivity index (χ1) is 12.5. The van der Waals surface area contributed by atoms with Gasteiger partial charge in [-0.3, -0.25) is 24.1 Å². The summed E-state index contributed by atoms with van der Waals surface area (Å²) in [5.41, 5.74) is 0.662. The topological polar surface area (TPSA) is 87.2 Å². The minimum atomic E-state index is -0.439. The van der Waals surface area contributed by atoms with Crippen LogP contribution in [-0.2, 0) is 14.3 Å². The lowest BCUT2D eigenvalue weighted by Crippen LogP contribution is -2.44. The molecule has 1 aromatic rings. The molecule has 1 aromatic carbocycles. The van der Waals surface area contributed by atoms with Gasteiger partial charge in [-0.15, -0.1) is 0 Å². The van der Waals surface area contributed by atoms with Crippen molar-refractivity contribution in [2.75, 3.05) is 46.4 Å². The Morgan fingerprint density at radius 1 is 0.923 bits per heavy atom. The van der Waals surface area contributed by atoms with E-state index in [4.69, 9.17) is 4.74 Å².